The zero-order valence-electron chi connectivity index (χ0n) is 18.3. The summed E-state index contributed by atoms with van der Waals surface area (Å²) in [4.78, 5) is 60.5. The van der Waals surface area contributed by atoms with Crippen molar-refractivity contribution in [3.8, 4) is 5.75 Å². The van der Waals surface area contributed by atoms with Crippen molar-refractivity contribution in [2.24, 2.45) is 0 Å². The third kappa shape index (κ3) is 4.76. The quantitative estimate of drug-likeness (QED) is 0.244. The molecule has 4 rings (SSSR count). The van der Waals surface area contributed by atoms with Gasteiger partial charge in [-0.2, -0.15) is 0 Å². The van der Waals surface area contributed by atoms with E-state index in [9.17, 15) is 29.3 Å². The summed E-state index contributed by atoms with van der Waals surface area (Å²) in [6, 6.07) is 16.4. The third-order valence-electron chi connectivity index (χ3n) is 5.28. The smallest absolute Gasteiger partial charge is 0.344 e. The zero-order chi connectivity index (χ0) is 25.1. The molecule has 0 saturated carbocycles. The van der Waals surface area contributed by atoms with E-state index >= 15 is 0 Å². The summed E-state index contributed by atoms with van der Waals surface area (Å²) in [7, 11) is 0. The van der Waals surface area contributed by atoms with Crippen LogP contribution in [0, 0.1) is 10.1 Å². The van der Waals surface area contributed by atoms with Crippen molar-refractivity contribution in [1.29, 1.82) is 0 Å². The Labute approximate surface area is 198 Å². The number of anilines is 1. The maximum absolute atomic E-state index is 12.8. The molecule has 1 N–H and O–H groups in total. The molecule has 0 saturated heterocycles. The van der Waals surface area contributed by atoms with Crippen LogP contribution in [0.15, 0.2) is 66.7 Å². The standard InChI is InChI=1S/C25H18N2O8/c1-14(35-22(28)13-34-21-9-5-4-8-20(21)27(32)33)25(31)26-15-10-11-18-19(12-15)24(30)17-7-3-2-6-16(17)23(18)29/h2-12,14H,13H2,1H3,(H,26,31). The van der Waals surface area contributed by atoms with Gasteiger partial charge < -0.3 is 14.8 Å². The van der Waals surface area contributed by atoms with E-state index in [1.165, 1.54) is 49.4 Å². The van der Waals surface area contributed by atoms with E-state index in [0.717, 1.165) is 0 Å². The summed E-state index contributed by atoms with van der Waals surface area (Å²) < 4.78 is 10.2. The summed E-state index contributed by atoms with van der Waals surface area (Å²) in [6.07, 6.45) is -1.23. The van der Waals surface area contributed by atoms with E-state index in [1.807, 2.05) is 0 Å². The highest BCUT2D eigenvalue weighted by atomic mass is 16.6. The molecule has 1 unspecified atom stereocenters. The first-order valence-electron chi connectivity index (χ1n) is 10.5. The molecule has 0 radical (unpaired) electrons. The number of nitro benzene ring substituents is 1. The Kier molecular flexibility index (Phi) is 6.36. The van der Waals surface area contributed by atoms with E-state index in [0.29, 0.717) is 5.56 Å². The van der Waals surface area contributed by atoms with Gasteiger partial charge in [-0.05, 0) is 31.2 Å². The van der Waals surface area contributed by atoms with Gasteiger partial charge in [-0.25, -0.2) is 4.79 Å². The Hall–Kier alpha value is -4.86. The number of nitro groups is 1. The van der Waals surface area contributed by atoms with Crippen LogP contribution < -0.4 is 10.1 Å². The van der Waals surface area contributed by atoms with E-state index in [1.54, 1.807) is 24.3 Å². The molecule has 10 heteroatoms. The van der Waals surface area contributed by atoms with Crippen molar-refractivity contribution >= 4 is 34.8 Å². The highest BCUT2D eigenvalue weighted by Crippen LogP contribution is 2.29. The molecule has 0 aliphatic heterocycles. The molecule has 1 aliphatic rings. The molecule has 1 amide bonds. The Bertz CT molecular complexity index is 1380. The van der Waals surface area contributed by atoms with Crippen LogP contribution in [0.3, 0.4) is 0 Å². The number of hydrogen-bond donors (Lipinski definition) is 1. The van der Waals surface area contributed by atoms with Crippen molar-refractivity contribution in [2.45, 2.75) is 13.0 Å². The summed E-state index contributed by atoms with van der Waals surface area (Å²) in [5.74, 6) is -2.32. The SMILES string of the molecule is CC(OC(=O)COc1ccccc1[N+](=O)[O-])C(=O)Nc1ccc2c(c1)C(=O)c1ccccc1C2=O. The molecular weight excluding hydrogens is 456 g/mol. The Balaban J connectivity index is 1.39. The van der Waals surface area contributed by atoms with Crippen LogP contribution in [0.2, 0.25) is 0 Å². The second kappa shape index (κ2) is 9.56. The van der Waals surface area contributed by atoms with Gasteiger partial charge in [0.05, 0.1) is 4.92 Å². The lowest BCUT2D eigenvalue weighted by Crippen LogP contribution is -2.32. The lowest BCUT2D eigenvalue weighted by atomic mass is 9.84. The van der Waals surface area contributed by atoms with Gasteiger partial charge in [0.25, 0.3) is 5.91 Å². The number of nitrogens with one attached hydrogen (secondary N) is 1. The fraction of sp³-hybridized carbons (Fsp3) is 0.120. The first kappa shape index (κ1) is 23.3. The Morgan fingerprint density at radius 1 is 0.914 bits per heavy atom. The van der Waals surface area contributed by atoms with Crippen molar-refractivity contribution in [3.63, 3.8) is 0 Å². The number of carbonyl (C=O) groups is 4. The molecule has 0 spiro atoms. The number of amides is 1. The van der Waals surface area contributed by atoms with E-state index in [2.05, 4.69) is 5.32 Å². The summed E-state index contributed by atoms with van der Waals surface area (Å²) >= 11 is 0. The molecule has 1 atom stereocenters. The summed E-state index contributed by atoms with van der Waals surface area (Å²) in [6.45, 7) is 0.693. The normalized spacial score (nSPS) is 12.7. The topological polar surface area (TPSA) is 142 Å². The summed E-state index contributed by atoms with van der Waals surface area (Å²) in [5, 5.41) is 13.6. The van der Waals surface area contributed by atoms with Crippen molar-refractivity contribution in [3.05, 3.63) is 99.1 Å². The number of hydrogen-bond acceptors (Lipinski definition) is 8. The number of ether oxygens (including phenoxy) is 2. The van der Waals surface area contributed by atoms with Crippen LogP contribution in [-0.4, -0.2) is 41.1 Å². The van der Waals surface area contributed by atoms with Crippen LogP contribution in [-0.2, 0) is 14.3 Å². The predicted molar refractivity (Wildman–Crippen MR) is 123 cm³/mol. The second-order valence-corrected chi connectivity index (χ2v) is 7.60. The molecule has 176 valence electrons. The van der Waals surface area contributed by atoms with E-state index < -0.39 is 29.5 Å². The van der Waals surface area contributed by atoms with Gasteiger partial charge in [-0.3, -0.25) is 24.5 Å². The van der Waals surface area contributed by atoms with Gasteiger partial charge in [0.15, 0.2) is 30.0 Å². The number of nitrogens with zero attached hydrogens (tertiary/aromatic N) is 1. The summed E-state index contributed by atoms with van der Waals surface area (Å²) in [5.41, 5.74) is 0.939. The van der Waals surface area contributed by atoms with E-state index in [4.69, 9.17) is 9.47 Å². The molecule has 0 heterocycles. The number of para-hydroxylation sites is 2. The number of carbonyl (C=O) groups excluding carboxylic acids is 4. The van der Waals surface area contributed by atoms with Crippen LogP contribution in [0.1, 0.15) is 38.8 Å². The van der Waals surface area contributed by atoms with Gasteiger partial charge in [-0.1, -0.05) is 36.4 Å². The maximum Gasteiger partial charge on any atom is 0.344 e. The molecular formula is C25H18N2O8. The third-order valence-corrected chi connectivity index (χ3v) is 5.28. The number of fused-ring (bicyclic) bond motifs is 2. The lowest BCUT2D eigenvalue weighted by molar-refractivity contribution is -0.385. The van der Waals surface area contributed by atoms with Crippen LogP contribution in [0.5, 0.6) is 5.75 Å². The minimum absolute atomic E-state index is 0.110. The highest BCUT2D eigenvalue weighted by molar-refractivity contribution is 6.28. The van der Waals surface area contributed by atoms with Gasteiger partial charge in [0.2, 0.25) is 0 Å². The molecule has 3 aromatic rings. The van der Waals surface area contributed by atoms with Gasteiger partial charge in [-0.15, -0.1) is 0 Å². The van der Waals surface area contributed by atoms with Crippen LogP contribution >= 0.6 is 0 Å². The minimum atomic E-state index is -1.23. The second-order valence-electron chi connectivity index (χ2n) is 7.60. The largest absolute Gasteiger partial charge is 0.475 e. The minimum Gasteiger partial charge on any atom is -0.475 e. The lowest BCUT2D eigenvalue weighted by Gasteiger charge is -2.19. The van der Waals surface area contributed by atoms with Gasteiger partial charge >= 0.3 is 11.7 Å². The van der Waals surface area contributed by atoms with Crippen molar-refractivity contribution in [1.82, 2.24) is 0 Å². The van der Waals surface area contributed by atoms with Gasteiger partial charge in [0.1, 0.15) is 0 Å². The number of rotatable bonds is 7. The number of esters is 1. The maximum atomic E-state index is 12.8. The first-order chi connectivity index (χ1) is 16.8. The molecule has 3 aromatic carbocycles. The Morgan fingerprint density at radius 3 is 2.20 bits per heavy atom. The number of benzene rings is 3. The fourth-order valence-electron chi connectivity index (χ4n) is 3.57. The molecule has 10 nitrogen and oxygen atoms in total. The predicted octanol–water partition coefficient (Wildman–Crippen LogP) is 3.32. The Morgan fingerprint density at radius 2 is 1.51 bits per heavy atom. The monoisotopic (exact) mass is 474 g/mol. The molecule has 0 aromatic heterocycles. The fourth-order valence-corrected chi connectivity index (χ4v) is 3.57. The first-order valence-corrected chi connectivity index (χ1v) is 10.5. The molecule has 35 heavy (non-hydrogen) atoms. The van der Waals surface area contributed by atoms with Crippen LogP contribution in [0.4, 0.5) is 11.4 Å². The van der Waals surface area contributed by atoms with Crippen molar-refractivity contribution in [2.75, 3.05) is 11.9 Å². The molecule has 1 aliphatic carbocycles. The van der Waals surface area contributed by atoms with Gasteiger partial charge in [0, 0.05) is 34.0 Å². The molecule has 0 bridgehead atoms. The molecule has 0 fully saturated rings. The van der Waals surface area contributed by atoms with E-state index in [-0.39, 0.29) is 45.4 Å². The average Bonchev–Trinajstić information content (AvgIpc) is 2.86. The van der Waals surface area contributed by atoms with Crippen molar-refractivity contribution < 1.29 is 33.6 Å². The van der Waals surface area contributed by atoms with Crippen LogP contribution in [0.25, 0.3) is 0 Å². The number of ketones is 2. The zero-order valence-corrected chi connectivity index (χ0v) is 18.3. The highest BCUT2D eigenvalue weighted by Gasteiger charge is 2.30. The average molecular weight is 474 g/mol.